The average Bonchev–Trinajstić information content (AvgIpc) is 3.21. The number of hydrogen-bond acceptors (Lipinski definition) is 4. The summed E-state index contributed by atoms with van der Waals surface area (Å²) in [6.07, 6.45) is 1.77. The highest BCUT2D eigenvalue weighted by atomic mass is 35.5. The minimum Gasteiger partial charge on any atom is -0.491 e. The number of hydrogen-bond donors (Lipinski definition) is 0. The van der Waals surface area contributed by atoms with E-state index in [9.17, 15) is 9.59 Å². The number of halogens is 2. The second kappa shape index (κ2) is 10.8. The van der Waals surface area contributed by atoms with Crippen LogP contribution < -0.4 is 4.74 Å². The molecule has 1 aromatic heterocycles. The first-order chi connectivity index (χ1) is 17.0. The monoisotopic (exact) mass is 542 g/mol. The number of imide groups is 1. The Kier molecular flexibility index (Phi) is 7.88. The molecule has 0 aliphatic carbocycles. The van der Waals surface area contributed by atoms with Gasteiger partial charge in [-0.25, -0.2) is 0 Å². The molecule has 1 saturated heterocycles. The van der Waals surface area contributed by atoms with Crippen molar-refractivity contribution in [2.45, 2.75) is 40.5 Å². The standard InChI is InChI=1S/C28H28Cl2N2O3S/c1-16(2)24-7-6-17(3)10-25(24)35-9-8-31-27(33)26(36-28(31)34)12-20-11-18(4)32(19(20)5)23-14-21(29)13-22(30)15-23/h6-7,10-16H,8-9H2,1-5H3/b26-12-. The molecule has 0 atom stereocenters. The summed E-state index contributed by atoms with van der Waals surface area (Å²) in [5, 5.41) is 0.792. The van der Waals surface area contributed by atoms with Crippen LogP contribution in [0.15, 0.2) is 47.4 Å². The van der Waals surface area contributed by atoms with Crippen molar-refractivity contribution in [3.05, 3.63) is 85.5 Å². The van der Waals surface area contributed by atoms with Gasteiger partial charge in [0.15, 0.2) is 0 Å². The predicted molar refractivity (Wildman–Crippen MR) is 149 cm³/mol. The van der Waals surface area contributed by atoms with Crippen LogP contribution in [0.25, 0.3) is 11.8 Å². The fourth-order valence-corrected chi connectivity index (χ4v) is 5.69. The van der Waals surface area contributed by atoms with Crippen molar-refractivity contribution in [1.82, 2.24) is 9.47 Å². The SMILES string of the molecule is Cc1ccc(C(C)C)c(OCCN2C(=O)S/C(=C\c3cc(C)n(-c4cc(Cl)cc(Cl)c4)c3C)C2=O)c1. The van der Waals surface area contributed by atoms with Gasteiger partial charge in [0.1, 0.15) is 12.4 Å². The first kappa shape index (κ1) is 26.4. The molecule has 0 radical (unpaired) electrons. The number of carbonyl (C=O) groups is 2. The number of aromatic nitrogens is 1. The number of thioether (sulfide) groups is 1. The Balaban J connectivity index is 1.51. The summed E-state index contributed by atoms with van der Waals surface area (Å²) in [6.45, 7) is 10.6. The van der Waals surface area contributed by atoms with Gasteiger partial charge in [-0.15, -0.1) is 0 Å². The third kappa shape index (κ3) is 5.51. The molecule has 2 aromatic carbocycles. The van der Waals surface area contributed by atoms with Gasteiger partial charge in [0.05, 0.1) is 11.4 Å². The number of benzene rings is 2. The van der Waals surface area contributed by atoms with Crippen molar-refractivity contribution in [3.63, 3.8) is 0 Å². The maximum atomic E-state index is 13.1. The lowest BCUT2D eigenvalue weighted by atomic mass is 10.0. The number of ether oxygens (including phenoxy) is 1. The molecule has 0 saturated carbocycles. The maximum Gasteiger partial charge on any atom is 0.293 e. The zero-order valence-corrected chi connectivity index (χ0v) is 23.2. The van der Waals surface area contributed by atoms with E-state index in [0.29, 0.717) is 20.9 Å². The number of aryl methyl sites for hydroxylation is 2. The molecule has 0 spiro atoms. The van der Waals surface area contributed by atoms with Gasteiger partial charge in [0.2, 0.25) is 0 Å². The topological polar surface area (TPSA) is 51.5 Å². The van der Waals surface area contributed by atoms with Crippen molar-refractivity contribution < 1.29 is 14.3 Å². The van der Waals surface area contributed by atoms with Gasteiger partial charge in [-0.05, 0) is 91.5 Å². The summed E-state index contributed by atoms with van der Waals surface area (Å²) < 4.78 is 8.02. The van der Waals surface area contributed by atoms with Crippen LogP contribution in [0.4, 0.5) is 4.79 Å². The summed E-state index contributed by atoms with van der Waals surface area (Å²) in [4.78, 5) is 27.4. The second-order valence-corrected chi connectivity index (χ2v) is 11.0. The van der Waals surface area contributed by atoms with Gasteiger partial charge in [-0.1, -0.05) is 49.2 Å². The Morgan fingerprint density at radius 3 is 2.36 bits per heavy atom. The largest absolute Gasteiger partial charge is 0.491 e. The Hall–Kier alpha value is -2.67. The fourth-order valence-electron chi connectivity index (χ4n) is 4.32. The van der Waals surface area contributed by atoms with E-state index in [2.05, 4.69) is 26.0 Å². The minimum atomic E-state index is -0.308. The van der Waals surface area contributed by atoms with E-state index in [0.717, 1.165) is 51.3 Å². The molecule has 0 bridgehead atoms. The number of rotatable bonds is 7. The molecule has 2 amide bonds. The molecule has 0 N–H and O–H groups in total. The summed E-state index contributed by atoms with van der Waals surface area (Å²) in [5.74, 6) is 0.793. The fraction of sp³-hybridized carbons (Fsp3) is 0.286. The van der Waals surface area contributed by atoms with Crippen molar-refractivity contribution in [2.75, 3.05) is 13.2 Å². The molecule has 2 heterocycles. The molecule has 1 aliphatic heterocycles. The van der Waals surface area contributed by atoms with Crippen LogP contribution in [0.2, 0.25) is 10.0 Å². The average molecular weight is 544 g/mol. The predicted octanol–water partition coefficient (Wildman–Crippen LogP) is 7.95. The van der Waals surface area contributed by atoms with Gasteiger partial charge >= 0.3 is 0 Å². The molecule has 4 rings (SSSR count). The Morgan fingerprint density at radius 1 is 1.00 bits per heavy atom. The van der Waals surface area contributed by atoms with Crippen LogP contribution >= 0.6 is 35.0 Å². The summed E-state index contributed by atoms with van der Waals surface area (Å²) >= 11 is 13.4. The van der Waals surface area contributed by atoms with Crippen molar-refractivity contribution in [1.29, 1.82) is 0 Å². The third-order valence-electron chi connectivity index (χ3n) is 6.10. The molecule has 188 valence electrons. The summed E-state index contributed by atoms with van der Waals surface area (Å²) in [5.41, 5.74) is 5.77. The van der Waals surface area contributed by atoms with E-state index in [4.69, 9.17) is 27.9 Å². The lowest BCUT2D eigenvalue weighted by molar-refractivity contribution is -0.123. The van der Waals surface area contributed by atoms with Crippen LogP contribution in [0.3, 0.4) is 0 Å². The van der Waals surface area contributed by atoms with Crippen molar-refractivity contribution in [3.8, 4) is 11.4 Å². The Bertz CT molecular complexity index is 1360. The van der Waals surface area contributed by atoms with Crippen LogP contribution in [0.1, 0.15) is 47.8 Å². The second-order valence-electron chi connectivity index (χ2n) is 9.17. The number of amides is 2. The molecule has 3 aromatic rings. The zero-order chi connectivity index (χ0) is 26.1. The van der Waals surface area contributed by atoms with E-state index < -0.39 is 0 Å². The molecule has 0 unspecified atom stereocenters. The van der Waals surface area contributed by atoms with Gasteiger partial charge in [-0.3, -0.25) is 14.5 Å². The first-order valence-corrected chi connectivity index (χ1v) is 13.3. The highest BCUT2D eigenvalue weighted by molar-refractivity contribution is 8.18. The molecular weight excluding hydrogens is 515 g/mol. The van der Waals surface area contributed by atoms with Crippen LogP contribution in [-0.2, 0) is 4.79 Å². The van der Waals surface area contributed by atoms with Gasteiger partial charge in [-0.2, -0.15) is 0 Å². The summed E-state index contributed by atoms with van der Waals surface area (Å²) in [7, 11) is 0. The lowest BCUT2D eigenvalue weighted by Gasteiger charge is -2.17. The normalized spacial score (nSPS) is 15.0. The number of nitrogens with zero attached hydrogens (tertiary/aromatic N) is 2. The molecular formula is C28H28Cl2N2O3S. The van der Waals surface area contributed by atoms with Gasteiger partial charge in [0, 0.05) is 27.1 Å². The van der Waals surface area contributed by atoms with Crippen molar-refractivity contribution >= 4 is 52.2 Å². The first-order valence-electron chi connectivity index (χ1n) is 11.7. The van der Waals surface area contributed by atoms with Crippen LogP contribution in [0.5, 0.6) is 5.75 Å². The molecule has 36 heavy (non-hydrogen) atoms. The van der Waals surface area contributed by atoms with E-state index >= 15 is 0 Å². The lowest BCUT2D eigenvalue weighted by Crippen LogP contribution is -2.32. The third-order valence-corrected chi connectivity index (χ3v) is 7.44. The van der Waals surface area contributed by atoms with Crippen LogP contribution in [-0.4, -0.2) is 33.8 Å². The minimum absolute atomic E-state index is 0.188. The number of carbonyl (C=O) groups excluding carboxylic acids is 2. The zero-order valence-electron chi connectivity index (χ0n) is 20.9. The molecule has 5 nitrogen and oxygen atoms in total. The van der Waals surface area contributed by atoms with E-state index in [1.807, 2.05) is 49.6 Å². The van der Waals surface area contributed by atoms with Gasteiger partial charge < -0.3 is 9.30 Å². The van der Waals surface area contributed by atoms with E-state index in [1.165, 1.54) is 4.90 Å². The van der Waals surface area contributed by atoms with Crippen LogP contribution in [0, 0.1) is 20.8 Å². The molecule has 1 fully saturated rings. The Morgan fingerprint density at radius 2 is 1.69 bits per heavy atom. The highest BCUT2D eigenvalue weighted by Crippen LogP contribution is 2.34. The smallest absolute Gasteiger partial charge is 0.293 e. The van der Waals surface area contributed by atoms with Gasteiger partial charge in [0.25, 0.3) is 11.1 Å². The Labute approximate surface area is 226 Å². The van der Waals surface area contributed by atoms with E-state index in [-0.39, 0.29) is 24.3 Å². The van der Waals surface area contributed by atoms with E-state index in [1.54, 1.807) is 12.1 Å². The molecule has 1 aliphatic rings. The maximum absolute atomic E-state index is 13.1. The van der Waals surface area contributed by atoms with Crippen molar-refractivity contribution in [2.24, 2.45) is 0 Å². The molecule has 8 heteroatoms. The highest BCUT2D eigenvalue weighted by Gasteiger charge is 2.35. The quantitative estimate of drug-likeness (QED) is 0.284. The summed E-state index contributed by atoms with van der Waals surface area (Å²) in [6, 6.07) is 13.4.